The van der Waals surface area contributed by atoms with Gasteiger partial charge in [0.2, 0.25) is 5.91 Å². The van der Waals surface area contributed by atoms with E-state index < -0.39 is 0 Å². The van der Waals surface area contributed by atoms with E-state index in [2.05, 4.69) is 6.92 Å². The second-order valence-corrected chi connectivity index (χ2v) is 6.93. The molecule has 0 aromatic rings. The molecule has 0 aromatic carbocycles. The van der Waals surface area contributed by atoms with Crippen LogP contribution >= 0.6 is 0 Å². The summed E-state index contributed by atoms with van der Waals surface area (Å²) in [7, 11) is 0. The highest BCUT2D eigenvalue weighted by molar-refractivity contribution is 5.79. The number of carbonyl (C=O) groups is 1. The molecule has 0 radical (unpaired) electrons. The van der Waals surface area contributed by atoms with Gasteiger partial charge in [-0.2, -0.15) is 0 Å². The maximum Gasteiger partial charge on any atom is 0.225 e. The third-order valence-corrected chi connectivity index (χ3v) is 5.38. The molecule has 2 rings (SSSR count). The SMILES string of the molecule is CCCCC1CCC(C(=O)N2CCC(C(C)O)C2)CC1. The molecule has 1 heterocycles. The van der Waals surface area contributed by atoms with Crippen LogP contribution in [0.5, 0.6) is 0 Å². The Labute approximate surface area is 123 Å². The Morgan fingerprint density at radius 1 is 1.25 bits per heavy atom. The molecule has 1 amide bonds. The number of rotatable bonds is 5. The van der Waals surface area contributed by atoms with Gasteiger partial charge in [-0.3, -0.25) is 4.79 Å². The molecule has 1 saturated carbocycles. The Balaban J connectivity index is 1.75. The molecular weight excluding hydrogens is 250 g/mol. The number of aliphatic hydroxyl groups is 1. The van der Waals surface area contributed by atoms with Gasteiger partial charge in [0.25, 0.3) is 0 Å². The Hall–Kier alpha value is -0.570. The minimum absolute atomic E-state index is 0.264. The molecule has 2 fully saturated rings. The second-order valence-electron chi connectivity index (χ2n) is 6.93. The zero-order valence-electron chi connectivity index (χ0n) is 13.2. The van der Waals surface area contributed by atoms with Crippen molar-refractivity contribution < 1.29 is 9.90 Å². The smallest absolute Gasteiger partial charge is 0.225 e. The Morgan fingerprint density at radius 2 is 1.95 bits per heavy atom. The summed E-state index contributed by atoms with van der Waals surface area (Å²) in [6.07, 6.45) is 9.32. The summed E-state index contributed by atoms with van der Waals surface area (Å²) in [6, 6.07) is 0. The Kier molecular flexibility index (Phi) is 5.88. The van der Waals surface area contributed by atoms with Crippen molar-refractivity contribution in [3.8, 4) is 0 Å². The fraction of sp³-hybridized carbons (Fsp3) is 0.941. The summed E-state index contributed by atoms with van der Waals surface area (Å²) in [5, 5.41) is 9.64. The van der Waals surface area contributed by atoms with Crippen LogP contribution in [0, 0.1) is 17.8 Å². The largest absolute Gasteiger partial charge is 0.393 e. The number of aliphatic hydroxyl groups excluding tert-OH is 1. The van der Waals surface area contributed by atoms with E-state index in [0.717, 1.165) is 38.3 Å². The standard InChI is InChI=1S/C17H31NO2/c1-3-4-5-14-6-8-15(9-7-14)17(20)18-11-10-16(12-18)13(2)19/h13-16,19H,3-12H2,1-2H3. The fourth-order valence-electron chi connectivity index (χ4n) is 3.83. The van der Waals surface area contributed by atoms with Crippen molar-refractivity contribution in [1.29, 1.82) is 0 Å². The second kappa shape index (κ2) is 7.44. The number of nitrogens with zero attached hydrogens (tertiary/aromatic N) is 1. The molecule has 116 valence electrons. The van der Waals surface area contributed by atoms with Gasteiger partial charge in [0.1, 0.15) is 0 Å². The predicted octanol–water partition coefficient (Wildman–Crippen LogP) is 3.21. The van der Waals surface area contributed by atoms with E-state index in [-0.39, 0.29) is 12.0 Å². The third kappa shape index (κ3) is 3.97. The predicted molar refractivity (Wildman–Crippen MR) is 81.3 cm³/mol. The van der Waals surface area contributed by atoms with E-state index in [9.17, 15) is 9.90 Å². The van der Waals surface area contributed by atoms with Gasteiger partial charge in [-0.25, -0.2) is 0 Å². The summed E-state index contributed by atoms with van der Waals surface area (Å²) < 4.78 is 0. The molecule has 20 heavy (non-hydrogen) atoms. The lowest BCUT2D eigenvalue weighted by Gasteiger charge is -2.30. The molecule has 3 heteroatoms. The number of amides is 1. The van der Waals surface area contributed by atoms with Crippen molar-refractivity contribution in [1.82, 2.24) is 4.90 Å². The van der Waals surface area contributed by atoms with E-state index in [1.807, 2.05) is 11.8 Å². The molecule has 1 aliphatic carbocycles. The first-order valence-corrected chi connectivity index (χ1v) is 8.58. The van der Waals surface area contributed by atoms with Crippen molar-refractivity contribution in [2.75, 3.05) is 13.1 Å². The van der Waals surface area contributed by atoms with Crippen LogP contribution in [0.25, 0.3) is 0 Å². The van der Waals surface area contributed by atoms with E-state index >= 15 is 0 Å². The van der Waals surface area contributed by atoms with Crippen LogP contribution in [0.4, 0.5) is 0 Å². The van der Waals surface area contributed by atoms with Crippen LogP contribution in [0.1, 0.15) is 65.2 Å². The highest BCUT2D eigenvalue weighted by Crippen LogP contribution is 2.34. The van der Waals surface area contributed by atoms with Gasteiger partial charge in [0, 0.05) is 24.9 Å². The lowest BCUT2D eigenvalue weighted by molar-refractivity contribution is -0.136. The van der Waals surface area contributed by atoms with Gasteiger partial charge in [0.05, 0.1) is 6.10 Å². The minimum atomic E-state index is -0.280. The van der Waals surface area contributed by atoms with Crippen LogP contribution in [-0.2, 0) is 4.79 Å². The minimum Gasteiger partial charge on any atom is -0.393 e. The highest BCUT2D eigenvalue weighted by atomic mass is 16.3. The normalized spacial score (nSPS) is 32.4. The van der Waals surface area contributed by atoms with Gasteiger partial charge in [-0.05, 0) is 44.9 Å². The lowest BCUT2D eigenvalue weighted by atomic mass is 9.79. The van der Waals surface area contributed by atoms with E-state index in [4.69, 9.17) is 0 Å². The summed E-state index contributed by atoms with van der Waals surface area (Å²) in [5.41, 5.74) is 0. The number of hydrogen-bond donors (Lipinski definition) is 1. The van der Waals surface area contributed by atoms with E-state index in [1.165, 1.54) is 32.1 Å². The summed E-state index contributed by atoms with van der Waals surface area (Å²) in [4.78, 5) is 14.5. The van der Waals surface area contributed by atoms with Gasteiger partial charge in [-0.1, -0.05) is 26.2 Å². The Morgan fingerprint density at radius 3 is 2.50 bits per heavy atom. The molecular formula is C17H31NO2. The van der Waals surface area contributed by atoms with E-state index in [1.54, 1.807) is 0 Å². The average Bonchev–Trinajstić information content (AvgIpc) is 2.95. The van der Waals surface area contributed by atoms with Crippen molar-refractivity contribution >= 4 is 5.91 Å². The molecule has 0 aromatic heterocycles. The van der Waals surface area contributed by atoms with Crippen LogP contribution in [-0.4, -0.2) is 35.1 Å². The Bertz CT molecular complexity index is 308. The number of unbranched alkanes of at least 4 members (excludes halogenated alkanes) is 1. The monoisotopic (exact) mass is 281 g/mol. The van der Waals surface area contributed by atoms with Crippen molar-refractivity contribution in [2.24, 2.45) is 17.8 Å². The zero-order chi connectivity index (χ0) is 14.5. The first-order chi connectivity index (χ1) is 9.61. The number of likely N-dealkylation sites (tertiary alicyclic amines) is 1. The molecule has 2 atom stereocenters. The number of carbonyl (C=O) groups excluding carboxylic acids is 1. The van der Waals surface area contributed by atoms with Crippen LogP contribution in [0.15, 0.2) is 0 Å². The maximum atomic E-state index is 12.5. The fourth-order valence-corrected chi connectivity index (χ4v) is 3.83. The summed E-state index contributed by atoms with van der Waals surface area (Å²) in [5.74, 6) is 1.78. The third-order valence-electron chi connectivity index (χ3n) is 5.38. The van der Waals surface area contributed by atoms with Gasteiger partial charge in [0.15, 0.2) is 0 Å². The van der Waals surface area contributed by atoms with Crippen LogP contribution < -0.4 is 0 Å². The van der Waals surface area contributed by atoms with Crippen LogP contribution in [0.3, 0.4) is 0 Å². The van der Waals surface area contributed by atoms with Crippen LogP contribution in [0.2, 0.25) is 0 Å². The molecule has 1 aliphatic heterocycles. The zero-order valence-corrected chi connectivity index (χ0v) is 13.2. The molecule has 1 saturated heterocycles. The number of hydrogen-bond acceptors (Lipinski definition) is 2. The first kappa shape index (κ1) is 15.8. The topological polar surface area (TPSA) is 40.5 Å². The quantitative estimate of drug-likeness (QED) is 0.840. The molecule has 0 spiro atoms. The molecule has 2 unspecified atom stereocenters. The van der Waals surface area contributed by atoms with Crippen molar-refractivity contribution in [3.63, 3.8) is 0 Å². The van der Waals surface area contributed by atoms with Crippen molar-refractivity contribution in [3.05, 3.63) is 0 Å². The molecule has 2 aliphatic rings. The molecule has 0 bridgehead atoms. The first-order valence-electron chi connectivity index (χ1n) is 8.58. The molecule has 1 N–H and O–H groups in total. The average molecular weight is 281 g/mol. The van der Waals surface area contributed by atoms with Crippen molar-refractivity contribution in [2.45, 2.75) is 71.3 Å². The van der Waals surface area contributed by atoms with E-state index in [0.29, 0.717) is 11.8 Å². The molecule has 3 nitrogen and oxygen atoms in total. The lowest BCUT2D eigenvalue weighted by Crippen LogP contribution is -2.37. The van der Waals surface area contributed by atoms with Gasteiger partial charge >= 0.3 is 0 Å². The highest BCUT2D eigenvalue weighted by Gasteiger charge is 2.34. The maximum absolute atomic E-state index is 12.5. The van der Waals surface area contributed by atoms with Gasteiger partial charge < -0.3 is 10.0 Å². The summed E-state index contributed by atoms with van der Waals surface area (Å²) in [6.45, 7) is 5.72. The summed E-state index contributed by atoms with van der Waals surface area (Å²) >= 11 is 0. The van der Waals surface area contributed by atoms with Gasteiger partial charge in [-0.15, -0.1) is 0 Å².